The minimum Gasteiger partial charge on any atom is -0.371 e. The summed E-state index contributed by atoms with van der Waals surface area (Å²) in [6.07, 6.45) is 2.48. The van der Waals surface area contributed by atoms with Gasteiger partial charge in [-0.3, -0.25) is 0 Å². The van der Waals surface area contributed by atoms with E-state index in [1.165, 1.54) is 6.07 Å². The number of aldehydes is 1. The van der Waals surface area contributed by atoms with E-state index < -0.39 is 17.2 Å². The molecule has 2 atom stereocenters. The maximum absolute atomic E-state index is 14.4. The quantitative estimate of drug-likeness (QED) is 0.761. The third-order valence-electron chi connectivity index (χ3n) is 5.26. The van der Waals surface area contributed by atoms with Crippen LogP contribution in [0.2, 0.25) is 0 Å². The van der Waals surface area contributed by atoms with Crippen molar-refractivity contribution >= 4 is 6.29 Å². The number of rotatable bonds is 5. The van der Waals surface area contributed by atoms with Crippen molar-refractivity contribution in [3.63, 3.8) is 0 Å². The Kier molecular flexibility index (Phi) is 5.18. The van der Waals surface area contributed by atoms with Gasteiger partial charge in [0.25, 0.3) is 0 Å². The number of benzene rings is 1. The molecule has 0 aliphatic carbocycles. The van der Waals surface area contributed by atoms with Crippen molar-refractivity contribution in [2.24, 2.45) is 0 Å². The number of ether oxygens (including phenoxy) is 1. The first-order valence-electron chi connectivity index (χ1n) is 8.75. The largest absolute Gasteiger partial charge is 0.371 e. The molecule has 5 nitrogen and oxygen atoms in total. The second kappa shape index (κ2) is 7.23. The van der Waals surface area contributed by atoms with E-state index in [-0.39, 0.29) is 11.8 Å². The fourth-order valence-corrected chi connectivity index (χ4v) is 3.61. The van der Waals surface area contributed by atoms with Crippen LogP contribution in [0.25, 0.3) is 0 Å². The zero-order chi connectivity index (χ0) is 18.9. The van der Waals surface area contributed by atoms with Gasteiger partial charge >= 0.3 is 0 Å². The molecule has 0 saturated heterocycles. The first kappa shape index (κ1) is 18.6. The normalized spacial score (nSPS) is 20.5. The van der Waals surface area contributed by atoms with E-state index in [0.29, 0.717) is 43.0 Å². The first-order chi connectivity index (χ1) is 12.4. The summed E-state index contributed by atoms with van der Waals surface area (Å²) < 4.78 is 35.5. The van der Waals surface area contributed by atoms with Crippen molar-refractivity contribution in [1.82, 2.24) is 14.8 Å². The average molecular weight is 363 g/mol. The highest BCUT2D eigenvalue weighted by atomic mass is 19.2. The molecule has 2 heterocycles. The topological polar surface area (TPSA) is 57.0 Å². The van der Waals surface area contributed by atoms with Gasteiger partial charge in [-0.05, 0) is 38.3 Å². The Morgan fingerprint density at radius 3 is 2.77 bits per heavy atom. The summed E-state index contributed by atoms with van der Waals surface area (Å²) in [4.78, 5) is 11.1. The second-order valence-electron chi connectivity index (χ2n) is 7.22. The number of carbonyl (C=O) groups is 1. The Morgan fingerprint density at radius 1 is 1.31 bits per heavy atom. The zero-order valence-corrected chi connectivity index (χ0v) is 15.2. The molecule has 1 aliphatic heterocycles. The number of halogens is 2. The number of aromatic nitrogens is 3. The second-order valence-corrected chi connectivity index (χ2v) is 7.22. The van der Waals surface area contributed by atoms with Crippen LogP contribution in [0.4, 0.5) is 8.78 Å². The summed E-state index contributed by atoms with van der Waals surface area (Å²) in [7, 11) is 1.59. The van der Waals surface area contributed by atoms with Gasteiger partial charge in [0.2, 0.25) is 0 Å². The molecule has 1 aromatic carbocycles. The molecule has 0 bridgehead atoms. The van der Waals surface area contributed by atoms with E-state index in [4.69, 9.17) is 4.74 Å². The molecule has 0 unspecified atom stereocenters. The molecule has 3 rings (SSSR count). The minimum absolute atomic E-state index is 0.0944. The van der Waals surface area contributed by atoms with Gasteiger partial charge in [0.15, 0.2) is 17.5 Å². The molecule has 0 radical (unpaired) electrons. The highest BCUT2D eigenvalue weighted by Gasteiger charge is 2.34. The molecule has 26 heavy (non-hydrogen) atoms. The Labute approximate surface area is 151 Å². The minimum atomic E-state index is -0.849. The number of fused-ring (bicyclic) bond motifs is 1. The lowest BCUT2D eigenvalue weighted by atomic mass is 9.90. The Balaban J connectivity index is 2.07. The van der Waals surface area contributed by atoms with Crippen molar-refractivity contribution in [3.8, 4) is 0 Å². The van der Waals surface area contributed by atoms with Gasteiger partial charge < -0.3 is 14.1 Å². The van der Waals surface area contributed by atoms with Crippen LogP contribution in [-0.4, -0.2) is 28.2 Å². The Bertz CT molecular complexity index is 804. The number of carbonyl (C=O) groups excluding carboxylic acids is 1. The SMILES string of the molecule is COC(C)(C)c1nnc2n1C[C@@H](c1cccc(F)c1F)CC[C@@H]2CC=O. The Hall–Kier alpha value is -2.15. The molecule has 2 aromatic rings. The number of hydrogen-bond acceptors (Lipinski definition) is 4. The summed E-state index contributed by atoms with van der Waals surface area (Å²) >= 11 is 0. The van der Waals surface area contributed by atoms with Gasteiger partial charge in [0.1, 0.15) is 17.7 Å². The van der Waals surface area contributed by atoms with E-state index >= 15 is 0 Å². The van der Waals surface area contributed by atoms with Gasteiger partial charge in [-0.15, -0.1) is 10.2 Å². The third-order valence-corrected chi connectivity index (χ3v) is 5.26. The van der Waals surface area contributed by atoms with Crippen molar-refractivity contribution in [3.05, 3.63) is 47.0 Å². The van der Waals surface area contributed by atoms with Gasteiger partial charge in [0, 0.05) is 31.9 Å². The molecule has 1 aliphatic rings. The molecule has 0 spiro atoms. The van der Waals surface area contributed by atoms with Gasteiger partial charge in [-0.1, -0.05) is 12.1 Å². The molecular weight excluding hydrogens is 340 g/mol. The van der Waals surface area contributed by atoms with Crippen molar-refractivity contribution in [2.75, 3.05) is 7.11 Å². The molecule has 140 valence electrons. The lowest BCUT2D eigenvalue weighted by Crippen LogP contribution is -2.27. The van der Waals surface area contributed by atoms with Crippen molar-refractivity contribution < 1.29 is 18.3 Å². The zero-order valence-electron chi connectivity index (χ0n) is 15.2. The van der Waals surface area contributed by atoms with E-state index in [1.54, 1.807) is 13.2 Å². The van der Waals surface area contributed by atoms with Crippen molar-refractivity contribution in [2.45, 2.75) is 57.1 Å². The average Bonchev–Trinajstić information content (AvgIpc) is 2.96. The fraction of sp³-hybridized carbons (Fsp3) is 0.526. The Morgan fingerprint density at radius 2 is 2.08 bits per heavy atom. The first-order valence-corrected chi connectivity index (χ1v) is 8.75. The number of nitrogens with zero attached hydrogens (tertiary/aromatic N) is 3. The van der Waals surface area contributed by atoms with Crippen LogP contribution in [-0.2, 0) is 21.7 Å². The maximum Gasteiger partial charge on any atom is 0.164 e. The monoisotopic (exact) mass is 363 g/mol. The number of methoxy groups -OCH3 is 1. The van der Waals surface area contributed by atoms with E-state index in [2.05, 4.69) is 10.2 Å². The summed E-state index contributed by atoms with van der Waals surface area (Å²) in [5.41, 5.74) is -0.343. The number of hydrogen-bond donors (Lipinski definition) is 0. The van der Waals surface area contributed by atoms with E-state index in [0.717, 1.165) is 12.4 Å². The lowest BCUT2D eigenvalue weighted by Gasteiger charge is -2.25. The standard InChI is InChI=1S/C19H23F2N3O2/c1-19(2,26-3)18-23-22-17-12(9-10-25)7-8-13(11-24(17)18)14-5-4-6-15(20)16(14)21/h4-6,10,12-13H,7-9,11H2,1-3H3/t12-,13+/m1/s1. The van der Waals surface area contributed by atoms with E-state index in [9.17, 15) is 13.6 Å². The lowest BCUT2D eigenvalue weighted by molar-refractivity contribution is -0.108. The van der Waals surface area contributed by atoms with Crippen LogP contribution < -0.4 is 0 Å². The molecule has 0 amide bonds. The summed E-state index contributed by atoms with van der Waals surface area (Å²) in [6, 6.07) is 4.26. The molecule has 0 fully saturated rings. The summed E-state index contributed by atoms with van der Waals surface area (Å²) in [5.74, 6) is -0.663. The molecule has 0 saturated carbocycles. The van der Waals surface area contributed by atoms with Crippen molar-refractivity contribution in [1.29, 1.82) is 0 Å². The van der Waals surface area contributed by atoms with Gasteiger partial charge in [0.05, 0.1) is 0 Å². The van der Waals surface area contributed by atoms with Crippen LogP contribution >= 0.6 is 0 Å². The van der Waals surface area contributed by atoms with Crippen LogP contribution in [0.1, 0.15) is 62.2 Å². The highest BCUT2D eigenvalue weighted by Crippen LogP contribution is 2.38. The van der Waals surface area contributed by atoms with Gasteiger partial charge in [-0.2, -0.15) is 0 Å². The molecule has 1 aromatic heterocycles. The molecular formula is C19H23F2N3O2. The highest BCUT2D eigenvalue weighted by molar-refractivity contribution is 5.51. The molecule has 0 N–H and O–H groups in total. The molecule has 7 heteroatoms. The van der Waals surface area contributed by atoms with Crippen LogP contribution in [0.3, 0.4) is 0 Å². The fourth-order valence-electron chi connectivity index (χ4n) is 3.61. The maximum atomic E-state index is 14.4. The van der Waals surface area contributed by atoms with Crippen LogP contribution in [0, 0.1) is 11.6 Å². The van der Waals surface area contributed by atoms with Gasteiger partial charge in [-0.25, -0.2) is 8.78 Å². The smallest absolute Gasteiger partial charge is 0.164 e. The predicted molar refractivity (Wildman–Crippen MR) is 91.8 cm³/mol. The summed E-state index contributed by atoms with van der Waals surface area (Å²) in [5, 5.41) is 8.59. The summed E-state index contributed by atoms with van der Waals surface area (Å²) in [6.45, 7) is 4.17. The van der Waals surface area contributed by atoms with Crippen LogP contribution in [0.5, 0.6) is 0 Å². The van der Waals surface area contributed by atoms with E-state index in [1.807, 2.05) is 18.4 Å². The third kappa shape index (κ3) is 3.28. The van der Waals surface area contributed by atoms with Crippen LogP contribution in [0.15, 0.2) is 18.2 Å². The predicted octanol–water partition coefficient (Wildman–Crippen LogP) is 3.69.